The fourth-order valence-corrected chi connectivity index (χ4v) is 1.71. The van der Waals surface area contributed by atoms with Crippen molar-refractivity contribution >= 4 is 35.1 Å². The second kappa shape index (κ2) is 7.50. The molecule has 0 bridgehead atoms. The summed E-state index contributed by atoms with van der Waals surface area (Å²) in [6, 6.07) is 4.66. The van der Waals surface area contributed by atoms with Gasteiger partial charge in [-0.2, -0.15) is 0 Å². The minimum atomic E-state index is -0.676. The summed E-state index contributed by atoms with van der Waals surface area (Å²) in [6.45, 7) is 5.52. The Balaban J connectivity index is 2.55. The second-order valence-corrected chi connectivity index (χ2v) is 5.56. The van der Waals surface area contributed by atoms with E-state index >= 15 is 0 Å². The monoisotopic (exact) mass is 317 g/mol. The first-order valence-electron chi connectivity index (χ1n) is 6.23. The van der Waals surface area contributed by atoms with Crippen LogP contribution in [0.4, 0.5) is 0 Å². The smallest absolute Gasteiger partial charge is 0.340 e. The van der Waals surface area contributed by atoms with Crippen LogP contribution in [-0.4, -0.2) is 24.5 Å². The maximum atomic E-state index is 11.8. The molecule has 1 N–H and O–H groups in total. The van der Waals surface area contributed by atoms with Crippen molar-refractivity contribution in [2.45, 2.75) is 26.8 Å². The van der Waals surface area contributed by atoms with Crippen LogP contribution >= 0.6 is 23.2 Å². The summed E-state index contributed by atoms with van der Waals surface area (Å²) in [5.41, 5.74) is 0.142. The Morgan fingerprint density at radius 1 is 1.25 bits per heavy atom. The quantitative estimate of drug-likeness (QED) is 0.848. The largest absolute Gasteiger partial charge is 0.452 e. The summed E-state index contributed by atoms with van der Waals surface area (Å²) in [7, 11) is 0. The van der Waals surface area contributed by atoms with Gasteiger partial charge in [-0.15, -0.1) is 0 Å². The molecule has 1 amide bonds. The van der Waals surface area contributed by atoms with Crippen molar-refractivity contribution in [2.75, 3.05) is 6.61 Å². The summed E-state index contributed by atoms with van der Waals surface area (Å²) in [5, 5.41) is 3.12. The molecule has 110 valence electrons. The number of ether oxygens (including phenoxy) is 1. The molecule has 0 aromatic heterocycles. The number of carbonyl (C=O) groups is 2. The predicted molar refractivity (Wildman–Crippen MR) is 79.2 cm³/mol. The standard InChI is InChI=1S/C14H17Cl2NO3/c1-8(2)9(3)17-12(18)7-20-14(19)10-5-4-6-11(15)13(10)16/h4-6,8-9H,7H2,1-3H3,(H,17,18). The van der Waals surface area contributed by atoms with Gasteiger partial charge in [0.15, 0.2) is 6.61 Å². The molecule has 0 saturated heterocycles. The fraction of sp³-hybridized carbons (Fsp3) is 0.429. The van der Waals surface area contributed by atoms with Crippen LogP contribution in [0.5, 0.6) is 0 Å². The first-order chi connectivity index (χ1) is 9.32. The van der Waals surface area contributed by atoms with Crippen molar-refractivity contribution in [3.63, 3.8) is 0 Å². The minimum Gasteiger partial charge on any atom is -0.452 e. The second-order valence-electron chi connectivity index (χ2n) is 4.78. The highest BCUT2D eigenvalue weighted by Crippen LogP contribution is 2.25. The summed E-state index contributed by atoms with van der Waals surface area (Å²) >= 11 is 11.7. The summed E-state index contributed by atoms with van der Waals surface area (Å²) in [6.07, 6.45) is 0. The predicted octanol–water partition coefficient (Wildman–Crippen LogP) is 3.31. The Hall–Kier alpha value is -1.26. The van der Waals surface area contributed by atoms with Gasteiger partial charge < -0.3 is 10.1 Å². The molecule has 0 fully saturated rings. The zero-order valence-electron chi connectivity index (χ0n) is 11.6. The molecule has 1 aromatic carbocycles. The molecular weight excluding hydrogens is 301 g/mol. The highest BCUT2D eigenvalue weighted by atomic mass is 35.5. The molecule has 0 heterocycles. The molecule has 0 saturated carbocycles. The molecule has 4 nitrogen and oxygen atoms in total. The number of nitrogens with one attached hydrogen (secondary N) is 1. The van der Waals surface area contributed by atoms with E-state index < -0.39 is 5.97 Å². The lowest BCUT2D eigenvalue weighted by Crippen LogP contribution is -2.38. The molecular formula is C14H17Cl2NO3. The lowest BCUT2D eigenvalue weighted by atomic mass is 10.1. The van der Waals surface area contributed by atoms with Gasteiger partial charge in [0.2, 0.25) is 0 Å². The van der Waals surface area contributed by atoms with Gasteiger partial charge in [-0.25, -0.2) is 4.79 Å². The van der Waals surface area contributed by atoms with Gasteiger partial charge in [0.05, 0.1) is 15.6 Å². The van der Waals surface area contributed by atoms with Crippen LogP contribution in [0.2, 0.25) is 10.0 Å². The van der Waals surface area contributed by atoms with Gasteiger partial charge in [-0.05, 0) is 25.0 Å². The average molecular weight is 318 g/mol. The number of hydrogen-bond acceptors (Lipinski definition) is 3. The molecule has 0 aliphatic rings. The Labute approximate surface area is 128 Å². The topological polar surface area (TPSA) is 55.4 Å². The van der Waals surface area contributed by atoms with Crippen LogP contribution in [0, 0.1) is 5.92 Å². The van der Waals surface area contributed by atoms with E-state index in [1.807, 2.05) is 20.8 Å². The third-order valence-electron chi connectivity index (χ3n) is 2.89. The van der Waals surface area contributed by atoms with E-state index in [4.69, 9.17) is 27.9 Å². The Kier molecular flexibility index (Phi) is 6.30. The maximum Gasteiger partial charge on any atom is 0.340 e. The molecule has 1 atom stereocenters. The van der Waals surface area contributed by atoms with E-state index in [0.29, 0.717) is 5.92 Å². The average Bonchev–Trinajstić information content (AvgIpc) is 2.39. The van der Waals surface area contributed by atoms with Crippen LogP contribution in [-0.2, 0) is 9.53 Å². The minimum absolute atomic E-state index is 0.0101. The molecule has 6 heteroatoms. The van der Waals surface area contributed by atoms with E-state index in [9.17, 15) is 9.59 Å². The Morgan fingerprint density at radius 2 is 1.90 bits per heavy atom. The van der Waals surface area contributed by atoms with E-state index in [0.717, 1.165) is 0 Å². The normalized spacial score (nSPS) is 12.1. The van der Waals surface area contributed by atoms with Crippen molar-refractivity contribution in [3.8, 4) is 0 Å². The summed E-state index contributed by atoms with van der Waals surface area (Å²) < 4.78 is 4.91. The zero-order valence-corrected chi connectivity index (χ0v) is 13.1. The molecule has 1 aromatic rings. The van der Waals surface area contributed by atoms with Crippen molar-refractivity contribution < 1.29 is 14.3 Å². The molecule has 0 aliphatic heterocycles. The third kappa shape index (κ3) is 4.69. The Morgan fingerprint density at radius 3 is 2.50 bits per heavy atom. The van der Waals surface area contributed by atoms with Crippen molar-refractivity contribution in [1.82, 2.24) is 5.32 Å². The summed E-state index contributed by atoms with van der Waals surface area (Å²) in [5.74, 6) is -0.723. The molecule has 0 radical (unpaired) electrons. The molecule has 1 unspecified atom stereocenters. The SMILES string of the molecule is CC(C)C(C)NC(=O)COC(=O)c1cccc(Cl)c1Cl. The highest BCUT2D eigenvalue weighted by molar-refractivity contribution is 6.43. The van der Waals surface area contributed by atoms with Gasteiger partial charge in [0.1, 0.15) is 0 Å². The number of hydrogen-bond donors (Lipinski definition) is 1. The Bertz CT molecular complexity index is 503. The van der Waals surface area contributed by atoms with E-state index in [2.05, 4.69) is 5.32 Å². The first-order valence-corrected chi connectivity index (χ1v) is 6.99. The highest BCUT2D eigenvalue weighted by Gasteiger charge is 2.16. The zero-order chi connectivity index (χ0) is 15.3. The third-order valence-corrected chi connectivity index (χ3v) is 3.71. The number of rotatable bonds is 5. The molecule has 20 heavy (non-hydrogen) atoms. The summed E-state index contributed by atoms with van der Waals surface area (Å²) in [4.78, 5) is 23.4. The van der Waals surface area contributed by atoms with Gasteiger partial charge in [-0.1, -0.05) is 43.1 Å². The van der Waals surface area contributed by atoms with Gasteiger partial charge in [0, 0.05) is 6.04 Å². The number of benzene rings is 1. The van der Waals surface area contributed by atoms with Crippen molar-refractivity contribution in [3.05, 3.63) is 33.8 Å². The first kappa shape index (κ1) is 16.8. The van der Waals surface area contributed by atoms with Crippen molar-refractivity contribution in [1.29, 1.82) is 0 Å². The van der Waals surface area contributed by atoms with Crippen molar-refractivity contribution in [2.24, 2.45) is 5.92 Å². The van der Waals surface area contributed by atoms with Crippen LogP contribution < -0.4 is 5.32 Å². The lowest BCUT2D eigenvalue weighted by molar-refractivity contribution is -0.125. The van der Waals surface area contributed by atoms with Crippen LogP contribution in [0.1, 0.15) is 31.1 Å². The molecule has 0 aliphatic carbocycles. The van der Waals surface area contributed by atoms with Crippen LogP contribution in [0.25, 0.3) is 0 Å². The van der Waals surface area contributed by atoms with Gasteiger partial charge in [0.25, 0.3) is 5.91 Å². The number of esters is 1. The lowest BCUT2D eigenvalue weighted by Gasteiger charge is -2.17. The fourth-order valence-electron chi connectivity index (χ4n) is 1.33. The van der Waals surface area contributed by atoms with Crippen LogP contribution in [0.3, 0.4) is 0 Å². The van der Waals surface area contributed by atoms with E-state index in [-0.39, 0.29) is 34.2 Å². The van der Waals surface area contributed by atoms with E-state index in [1.54, 1.807) is 12.1 Å². The van der Waals surface area contributed by atoms with E-state index in [1.165, 1.54) is 6.07 Å². The molecule has 1 rings (SSSR count). The number of halogens is 2. The number of carbonyl (C=O) groups excluding carboxylic acids is 2. The molecule has 0 spiro atoms. The van der Waals surface area contributed by atoms with Crippen LogP contribution in [0.15, 0.2) is 18.2 Å². The van der Waals surface area contributed by atoms with Gasteiger partial charge in [-0.3, -0.25) is 4.79 Å². The maximum absolute atomic E-state index is 11.8. The number of amides is 1. The van der Waals surface area contributed by atoms with Gasteiger partial charge >= 0.3 is 5.97 Å².